The summed E-state index contributed by atoms with van der Waals surface area (Å²) in [6, 6.07) is 11.5. The standard InChI is InChI=1S/C65H85N13O23P2S2/c1-39(2)55(72-50(79)16-19-91-21-23-93-25-27-95-28-26-94-24-22-92-20-18-67-51(80)33-77-53(81)13-14-54(77)82)62(86)70-40(3)60(84)71-45-11-9-41(10-12-45)34-96-65(88)76(4)32-42-7-5-6-8-47(42)61(85)74-64-73-59-56(63(87)75-64)69-38-78(59)48-30-44-36-98-102(89,104)100-49-31-46(99-52-15-17-66-37-68-52)29-43(49)35-97-103(90,105)101-58(48)57(44)83/h5-15,17,37-40,43-44,46,48-49,55,57-58,83H,16,18-36H2,1-4H3,(H,67,80)(H,70,86)(H,71,84)(H,72,79)(H,89,104)(H,90,105)(H2,73,74,75,85,87)/t40-,43+,44+,46+,48+,49-,55-,57+,58-,102+,103+/m0/s1. The third-order valence-electron chi connectivity index (χ3n) is 16.9. The first kappa shape index (κ1) is 81.0. The number of hydrogen-bond donors (Lipinski definition) is 9. The molecular weight excluding hydrogens is 1460 g/mol. The molecule has 9 rings (SSSR count). The highest BCUT2D eigenvalue weighted by molar-refractivity contribution is 8.44. The number of aromatic amines is 1. The van der Waals surface area contributed by atoms with Gasteiger partial charge in [0, 0.05) is 80.5 Å². The fourth-order valence-corrected chi connectivity index (χ4v) is 14.7. The summed E-state index contributed by atoms with van der Waals surface area (Å²) in [5.41, 5.74) is 0.472. The lowest BCUT2D eigenvalue weighted by molar-refractivity contribution is -0.141. The van der Waals surface area contributed by atoms with Crippen molar-refractivity contribution in [2.24, 2.45) is 17.8 Å². The van der Waals surface area contributed by atoms with Crippen LogP contribution in [0.15, 0.2) is 90.4 Å². The van der Waals surface area contributed by atoms with Gasteiger partial charge in [-0.3, -0.25) is 62.6 Å². The first-order valence-electron chi connectivity index (χ1n) is 33.6. The van der Waals surface area contributed by atoms with Crippen LogP contribution in [0.4, 0.5) is 16.4 Å². The Morgan fingerprint density at radius 3 is 2.07 bits per heavy atom. The summed E-state index contributed by atoms with van der Waals surface area (Å²) in [6.45, 7) is -1.81. The number of benzene rings is 2. The molecule has 2 bridgehead atoms. The molecule has 5 aromatic rings. The molecule has 4 aliphatic rings. The minimum Gasteiger partial charge on any atom is -0.474 e. The minimum absolute atomic E-state index is 0.00937. The molecule has 105 heavy (non-hydrogen) atoms. The number of carbonyl (C=O) groups is 8. The van der Waals surface area contributed by atoms with E-state index in [1.54, 1.807) is 62.4 Å². The second kappa shape index (κ2) is 39.0. The van der Waals surface area contributed by atoms with Crippen molar-refractivity contribution in [2.45, 2.75) is 102 Å². The van der Waals surface area contributed by atoms with E-state index < -0.39 is 121 Å². The summed E-state index contributed by atoms with van der Waals surface area (Å²) in [6.07, 6.45) is 2.05. The van der Waals surface area contributed by atoms with Crippen LogP contribution in [-0.2, 0) is 97.6 Å². The highest BCUT2D eigenvalue weighted by Gasteiger charge is 2.50. The number of aliphatic hydroxyl groups excluding tert-OH is 1. The molecule has 1 saturated heterocycles. The maximum Gasteiger partial charge on any atom is 0.410 e. The Bertz CT molecular complexity index is 4010. The van der Waals surface area contributed by atoms with E-state index >= 15 is 0 Å². The van der Waals surface area contributed by atoms with E-state index in [9.17, 15) is 57.4 Å². The number of fused-ring (bicyclic) bond motifs is 4. The summed E-state index contributed by atoms with van der Waals surface area (Å²) in [4.78, 5) is 137. The van der Waals surface area contributed by atoms with Gasteiger partial charge in [-0.25, -0.2) is 28.9 Å². The van der Waals surface area contributed by atoms with Gasteiger partial charge in [0.2, 0.25) is 35.5 Å². The Hall–Kier alpha value is -8.07. The number of imide groups is 1. The van der Waals surface area contributed by atoms with Gasteiger partial charge in [0.1, 0.15) is 43.8 Å². The first-order valence-corrected chi connectivity index (χ1v) is 39.0. The lowest BCUT2D eigenvalue weighted by atomic mass is 10.0. The lowest BCUT2D eigenvalue weighted by Gasteiger charge is -2.27. The zero-order chi connectivity index (χ0) is 75.2. The highest BCUT2D eigenvalue weighted by atomic mass is 32.7. The van der Waals surface area contributed by atoms with Crippen molar-refractivity contribution in [2.75, 3.05) is 110 Å². The number of amides is 8. The molecule has 0 unspecified atom stereocenters. The van der Waals surface area contributed by atoms with Gasteiger partial charge in [-0.15, -0.1) is 0 Å². The molecule has 3 fully saturated rings. The number of thiol groups is 2. The van der Waals surface area contributed by atoms with Crippen LogP contribution in [-0.4, -0.2) is 228 Å². The van der Waals surface area contributed by atoms with Crippen molar-refractivity contribution < 1.29 is 104 Å². The Morgan fingerprint density at radius 1 is 0.752 bits per heavy atom. The lowest BCUT2D eigenvalue weighted by Crippen LogP contribution is -2.53. The second-order valence-corrected chi connectivity index (χ2v) is 30.8. The first-order chi connectivity index (χ1) is 50.3. The summed E-state index contributed by atoms with van der Waals surface area (Å²) in [7, 11) is 1.47. The minimum atomic E-state index is -4.31. The van der Waals surface area contributed by atoms with Gasteiger partial charge in [-0.2, -0.15) is 4.98 Å². The number of nitrogens with zero attached hydrogens (tertiary/aromatic N) is 7. The molecule has 40 heteroatoms. The molecule has 36 nitrogen and oxygen atoms in total. The maximum absolute atomic E-state index is 14.1. The fourth-order valence-electron chi connectivity index (χ4n) is 11.5. The van der Waals surface area contributed by atoms with Crippen molar-refractivity contribution in [1.29, 1.82) is 0 Å². The third kappa shape index (κ3) is 24.2. The van der Waals surface area contributed by atoms with E-state index in [-0.39, 0.29) is 114 Å². The molecule has 570 valence electrons. The number of aliphatic hydroxyl groups is 1. The van der Waals surface area contributed by atoms with Crippen molar-refractivity contribution in [3.63, 3.8) is 0 Å². The number of aromatic nitrogens is 6. The summed E-state index contributed by atoms with van der Waals surface area (Å²) < 4.78 is 91.7. The Morgan fingerprint density at radius 2 is 1.40 bits per heavy atom. The predicted octanol–water partition coefficient (Wildman–Crippen LogP) is 3.70. The smallest absolute Gasteiger partial charge is 0.410 e. The normalized spacial score (nSPS) is 23.0. The molecular formula is C65H85N13O23P2S2. The van der Waals surface area contributed by atoms with Crippen LogP contribution in [0.1, 0.15) is 74.0 Å². The molecule has 2 aliphatic carbocycles. The number of hydrogen-bond acceptors (Lipinski definition) is 27. The number of nitrogens with one attached hydrogen (secondary N) is 6. The SMILES string of the molecule is CC(C)[C@H](NC(=O)CCOCCOCCOCCOCCOCCNC(=O)CN1C(=O)C=CC1=O)C(=O)N[C@@H](C)C(=O)Nc1ccc(COC(=O)N(C)Cc2ccccc2C(=O)Nc2nc3c(ncn3[C@@H]3C[C@@H]4CO[P@@](=O)(S)O[C@H]5C[C@H](Oc6ccncn6)C[C@@H]5CO[P@@](=O)(S)O[C@@H]3[C@@H]4O)c(=O)[nH]2)cc1. The van der Waals surface area contributed by atoms with Gasteiger partial charge < -0.3 is 78.0 Å². The van der Waals surface area contributed by atoms with E-state index in [0.717, 1.165) is 17.1 Å². The van der Waals surface area contributed by atoms with Crippen molar-refractivity contribution in [3.05, 3.63) is 113 Å². The average molecular weight is 1540 g/mol. The van der Waals surface area contributed by atoms with E-state index in [1.807, 2.05) is 0 Å². The molecule has 0 radical (unpaired) electrons. The molecule has 5 heterocycles. The molecule has 2 saturated carbocycles. The van der Waals surface area contributed by atoms with Crippen LogP contribution in [0.25, 0.3) is 11.2 Å². The summed E-state index contributed by atoms with van der Waals surface area (Å²) in [5.74, 6) is -5.51. The maximum atomic E-state index is 14.1. The van der Waals surface area contributed by atoms with Gasteiger partial charge in [-0.1, -0.05) is 68.7 Å². The van der Waals surface area contributed by atoms with E-state index in [4.69, 9.17) is 51.3 Å². The Labute approximate surface area is 613 Å². The largest absolute Gasteiger partial charge is 0.474 e. The monoisotopic (exact) mass is 1540 g/mol. The molecule has 7 N–H and O–H groups in total. The van der Waals surface area contributed by atoms with Crippen LogP contribution < -0.4 is 36.9 Å². The number of H-pyrrole nitrogens is 1. The fraction of sp³-hybridized carbons (Fsp3) is 0.523. The quantitative estimate of drug-likeness (QED) is 0.0121. The number of carbonyl (C=O) groups excluding carboxylic acids is 8. The van der Waals surface area contributed by atoms with Crippen LogP contribution in [0.5, 0.6) is 5.88 Å². The summed E-state index contributed by atoms with van der Waals surface area (Å²) in [5, 5.41) is 25.0. The van der Waals surface area contributed by atoms with Crippen molar-refractivity contribution >= 4 is 108 Å². The van der Waals surface area contributed by atoms with Crippen LogP contribution in [0.2, 0.25) is 0 Å². The van der Waals surface area contributed by atoms with Crippen LogP contribution in [0.3, 0.4) is 0 Å². The second-order valence-electron chi connectivity index (χ2n) is 25.0. The van der Waals surface area contributed by atoms with Crippen molar-refractivity contribution in [1.82, 2.24) is 55.2 Å². The molecule has 2 aliphatic heterocycles. The van der Waals surface area contributed by atoms with Gasteiger partial charge >= 0.3 is 19.7 Å². The topological polar surface area (TPSA) is 448 Å². The van der Waals surface area contributed by atoms with Gasteiger partial charge in [0.15, 0.2) is 11.2 Å². The van der Waals surface area contributed by atoms with E-state index in [2.05, 4.69) is 76.0 Å². The number of rotatable bonds is 35. The van der Waals surface area contributed by atoms with Crippen LogP contribution in [0, 0.1) is 17.8 Å². The average Bonchev–Trinajstić information content (AvgIpc) is 1.61. The predicted molar refractivity (Wildman–Crippen MR) is 378 cm³/mol. The van der Waals surface area contributed by atoms with E-state index in [1.165, 1.54) is 48.4 Å². The van der Waals surface area contributed by atoms with E-state index in [0.29, 0.717) is 68.8 Å². The van der Waals surface area contributed by atoms with Crippen LogP contribution >= 0.6 is 38.1 Å². The molecule has 2 aromatic carbocycles. The molecule has 11 atom stereocenters. The molecule has 0 spiro atoms. The number of ether oxygens (including phenoxy) is 7. The Balaban J connectivity index is 0.658. The third-order valence-corrected chi connectivity index (χ3v) is 20.2. The molecule has 3 aromatic heterocycles. The van der Waals surface area contributed by atoms with Gasteiger partial charge in [0.25, 0.3) is 23.3 Å². The number of imidazole rings is 1. The van der Waals surface area contributed by atoms with Gasteiger partial charge in [0.05, 0.1) is 104 Å². The molecule has 8 amide bonds. The highest BCUT2D eigenvalue weighted by Crippen LogP contribution is 2.61. The van der Waals surface area contributed by atoms with Crippen molar-refractivity contribution in [3.8, 4) is 5.88 Å². The van der Waals surface area contributed by atoms with Gasteiger partial charge in [-0.05, 0) is 55.0 Å². The number of anilines is 2. The summed E-state index contributed by atoms with van der Waals surface area (Å²) >= 11 is 8.54. The zero-order valence-corrected chi connectivity index (χ0v) is 61.4. The Kier molecular flexibility index (Phi) is 30.1. The zero-order valence-electron chi connectivity index (χ0n) is 57.8.